The number of nitrogens with zero attached hydrogens (tertiary/aromatic N) is 3. The smallest absolute Gasteiger partial charge is 0.297 e. The molecule has 1 heterocycles. The van der Waals surface area contributed by atoms with Crippen LogP contribution in [-0.2, 0) is 5.41 Å². The Balaban J connectivity index is 2.50. The van der Waals surface area contributed by atoms with Crippen molar-refractivity contribution >= 4 is 30.0 Å². The number of halogens is 1. The molecule has 9 heteroatoms. The number of benzene rings is 1. The molecule has 0 aliphatic heterocycles. The molecule has 0 bridgehead atoms. The van der Waals surface area contributed by atoms with Crippen LogP contribution in [0.2, 0.25) is 5.02 Å². The van der Waals surface area contributed by atoms with E-state index in [2.05, 4.69) is 15.3 Å². The predicted octanol–water partition coefficient (Wildman–Crippen LogP) is 3.93. The molecule has 2 aromatic rings. The summed E-state index contributed by atoms with van der Waals surface area (Å²) in [6.45, 7) is 10.3. The molecule has 0 aliphatic carbocycles. The van der Waals surface area contributed by atoms with Crippen molar-refractivity contribution in [1.82, 2.24) is 14.9 Å². The molecule has 27 heavy (non-hydrogen) atoms. The van der Waals surface area contributed by atoms with Crippen LogP contribution in [0, 0.1) is 4.77 Å². The third-order valence-electron chi connectivity index (χ3n) is 3.50. The lowest BCUT2D eigenvalue weighted by atomic mass is 9.93. The SMILES string of the molecule is CCOc1cc(/C=N\n2c(=S)[nH]nc(C(C)(C)C)c2=O)cc(Cl)c1OCC. The maximum atomic E-state index is 12.7. The minimum atomic E-state index is -0.446. The molecule has 0 unspecified atom stereocenters. The van der Waals surface area contributed by atoms with Crippen molar-refractivity contribution in [3.8, 4) is 11.5 Å². The monoisotopic (exact) mass is 410 g/mol. The fourth-order valence-electron chi connectivity index (χ4n) is 2.32. The average molecular weight is 411 g/mol. The average Bonchev–Trinajstić information content (AvgIpc) is 2.56. The number of aromatic nitrogens is 3. The lowest BCUT2D eigenvalue weighted by Crippen LogP contribution is -2.32. The van der Waals surface area contributed by atoms with Crippen LogP contribution >= 0.6 is 23.8 Å². The van der Waals surface area contributed by atoms with Crippen LogP contribution < -0.4 is 15.0 Å². The number of H-pyrrole nitrogens is 1. The van der Waals surface area contributed by atoms with Crippen LogP contribution in [0.4, 0.5) is 0 Å². The molecule has 0 saturated heterocycles. The molecule has 0 atom stereocenters. The summed E-state index contributed by atoms with van der Waals surface area (Å²) in [5.74, 6) is 0.988. The van der Waals surface area contributed by atoms with Gasteiger partial charge in [-0.2, -0.15) is 14.9 Å². The van der Waals surface area contributed by atoms with Crippen molar-refractivity contribution in [3.05, 3.63) is 43.5 Å². The van der Waals surface area contributed by atoms with E-state index in [1.54, 1.807) is 12.1 Å². The van der Waals surface area contributed by atoms with Gasteiger partial charge in [-0.1, -0.05) is 32.4 Å². The second-order valence-corrected chi connectivity index (χ2v) is 7.48. The van der Waals surface area contributed by atoms with Gasteiger partial charge in [0.25, 0.3) is 5.56 Å². The predicted molar refractivity (Wildman–Crippen MR) is 109 cm³/mol. The molecule has 0 fully saturated rings. The fraction of sp³-hybridized carbons (Fsp3) is 0.444. The number of rotatable bonds is 6. The Bertz CT molecular complexity index is 961. The summed E-state index contributed by atoms with van der Waals surface area (Å²) in [4.78, 5) is 12.7. The minimum absolute atomic E-state index is 0.103. The van der Waals surface area contributed by atoms with E-state index in [-0.39, 0.29) is 10.3 Å². The highest BCUT2D eigenvalue weighted by molar-refractivity contribution is 7.71. The Morgan fingerprint density at radius 3 is 2.56 bits per heavy atom. The maximum Gasteiger partial charge on any atom is 0.297 e. The third-order valence-corrected chi connectivity index (χ3v) is 4.05. The van der Waals surface area contributed by atoms with E-state index in [1.807, 2.05) is 34.6 Å². The quantitative estimate of drug-likeness (QED) is 0.576. The zero-order chi connectivity index (χ0) is 20.2. The van der Waals surface area contributed by atoms with Crippen LogP contribution in [0.25, 0.3) is 0 Å². The van der Waals surface area contributed by atoms with Gasteiger partial charge in [0.05, 0.1) is 24.5 Å². The molecule has 7 nitrogen and oxygen atoms in total. The van der Waals surface area contributed by atoms with E-state index in [4.69, 9.17) is 33.3 Å². The molecule has 1 aromatic heterocycles. The molecular weight excluding hydrogens is 388 g/mol. The second-order valence-electron chi connectivity index (χ2n) is 6.68. The Labute approximate surface area is 168 Å². The van der Waals surface area contributed by atoms with Gasteiger partial charge in [-0.25, -0.2) is 0 Å². The van der Waals surface area contributed by atoms with E-state index in [0.29, 0.717) is 41.0 Å². The van der Waals surface area contributed by atoms with Gasteiger partial charge >= 0.3 is 0 Å². The molecule has 2 rings (SSSR count). The van der Waals surface area contributed by atoms with Crippen molar-refractivity contribution in [3.63, 3.8) is 0 Å². The van der Waals surface area contributed by atoms with Gasteiger partial charge in [0.1, 0.15) is 5.69 Å². The fourth-order valence-corrected chi connectivity index (χ4v) is 2.77. The Morgan fingerprint density at radius 2 is 1.96 bits per heavy atom. The van der Waals surface area contributed by atoms with Crippen molar-refractivity contribution in [1.29, 1.82) is 0 Å². The highest BCUT2D eigenvalue weighted by Crippen LogP contribution is 2.36. The first kappa shape index (κ1) is 21.1. The summed E-state index contributed by atoms with van der Waals surface area (Å²) in [7, 11) is 0. The minimum Gasteiger partial charge on any atom is -0.490 e. The highest BCUT2D eigenvalue weighted by atomic mass is 35.5. The van der Waals surface area contributed by atoms with Gasteiger partial charge in [0.15, 0.2) is 11.5 Å². The molecule has 1 N–H and O–H groups in total. The van der Waals surface area contributed by atoms with Crippen LogP contribution in [-0.4, -0.2) is 34.3 Å². The van der Waals surface area contributed by atoms with Crippen molar-refractivity contribution < 1.29 is 9.47 Å². The Kier molecular flexibility index (Phi) is 6.78. The van der Waals surface area contributed by atoms with E-state index in [9.17, 15) is 4.79 Å². The molecule has 0 spiro atoms. The molecule has 146 valence electrons. The van der Waals surface area contributed by atoms with Crippen LogP contribution in [0.1, 0.15) is 45.9 Å². The van der Waals surface area contributed by atoms with E-state index in [0.717, 1.165) is 4.68 Å². The van der Waals surface area contributed by atoms with E-state index < -0.39 is 5.41 Å². The van der Waals surface area contributed by atoms with Crippen LogP contribution in [0.5, 0.6) is 11.5 Å². The molecular formula is C18H23ClN4O3S. The summed E-state index contributed by atoms with van der Waals surface area (Å²) in [5.41, 5.74) is 0.165. The van der Waals surface area contributed by atoms with Gasteiger partial charge < -0.3 is 9.47 Å². The van der Waals surface area contributed by atoms with Gasteiger partial charge in [-0.05, 0) is 43.8 Å². The first-order chi connectivity index (χ1) is 12.7. The molecule has 0 aliphatic rings. The van der Waals surface area contributed by atoms with Gasteiger partial charge in [0.2, 0.25) is 4.77 Å². The van der Waals surface area contributed by atoms with Crippen molar-refractivity contribution in [2.45, 2.75) is 40.0 Å². The largest absolute Gasteiger partial charge is 0.490 e. The molecule has 0 radical (unpaired) electrons. The van der Waals surface area contributed by atoms with Crippen molar-refractivity contribution in [2.24, 2.45) is 5.10 Å². The van der Waals surface area contributed by atoms with E-state index >= 15 is 0 Å². The maximum absolute atomic E-state index is 12.7. The molecule has 0 amide bonds. The summed E-state index contributed by atoms with van der Waals surface area (Å²) in [6.07, 6.45) is 1.49. The zero-order valence-corrected chi connectivity index (χ0v) is 17.6. The number of ether oxygens (including phenoxy) is 2. The topological polar surface area (TPSA) is 81.5 Å². The zero-order valence-electron chi connectivity index (χ0n) is 16.0. The van der Waals surface area contributed by atoms with Gasteiger partial charge in [-0.15, -0.1) is 0 Å². The Hall–Kier alpha value is -2.19. The van der Waals surface area contributed by atoms with Gasteiger partial charge in [-0.3, -0.25) is 9.89 Å². The van der Waals surface area contributed by atoms with Crippen molar-refractivity contribution in [2.75, 3.05) is 13.2 Å². The number of hydrogen-bond donors (Lipinski definition) is 1. The number of hydrogen-bond acceptors (Lipinski definition) is 6. The highest BCUT2D eigenvalue weighted by Gasteiger charge is 2.21. The normalized spacial score (nSPS) is 11.8. The lowest BCUT2D eigenvalue weighted by Gasteiger charge is -2.16. The molecule has 0 saturated carbocycles. The standard InChI is InChI=1S/C18H23ClN4O3S/c1-6-25-13-9-11(8-12(19)14(13)26-7-2)10-20-23-16(24)15(18(3,4)5)21-22-17(23)27/h8-10H,6-7H2,1-5H3,(H,22,27)/b20-10-. The lowest BCUT2D eigenvalue weighted by molar-refractivity contribution is 0.288. The van der Waals surface area contributed by atoms with Crippen LogP contribution in [0.15, 0.2) is 22.0 Å². The number of aromatic amines is 1. The Morgan fingerprint density at radius 1 is 1.30 bits per heavy atom. The summed E-state index contributed by atoms with van der Waals surface area (Å²) >= 11 is 11.5. The summed E-state index contributed by atoms with van der Waals surface area (Å²) in [6, 6.07) is 3.43. The first-order valence-corrected chi connectivity index (χ1v) is 9.33. The summed E-state index contributed by atoms with van der Waals surface area (Å²) < 4.78 is 12.3. The second kappa shape index (κ2) is 8.67. The first-order valence-electron chi connectivity index (χ1n) is 8.54. The third kappa shape index (κ3) is 4.95. The van der Waals surface area contributed by atoms with Gasteiger partial charge in [0, 0.05) is 5.41 Å². The molecule has 1 aromatic carbocycles. The van der Waals surface area contributed by atoms with Crippen LogP contribution in [0.3, 0.4) is 0 Å². The summed E-state index contributed by atoms with van der Waals surface area (Å²) in [5, 5.41) is 11.3. The van der Waals surface area contributed by atoms with E-state index in [1.165, 1.54) is 6.21 Å². The number of nitrogens with one attached hydrogen (secondary N) is 1.